The molecule has 0 atom stereocenters. The molecule has 0 aliphatic rings. The summed E-state index contributed by atoms with van der Waals surface area (Å²) < 4.78 is 14.6. The summed E-state index contributed by atoms with van der Waals surface area (Å²) in [5.74, 6) is 0.407. The first-order valence-electron chi connectivity index (χ1n) is 12.3. The molecule has 8 nitrogen and oxygen atoms in total. The van der Waals surface area contributed by atoms with Crippen molar-refractivity contribution in [1.29, 1.82) is 0 Å². The number of hydrogen-bond donors (Lipinski definition) is 1. The molecule has 0 aliphatic heterocycles. The van der Waals surface area contributed by atoms with Crippen LogP contribution in [0.1, 0.15) is 59.9 Å². The highest BCUT2D eigenvalue weighted by Crippen LogP contribution is 2.40. The molecule has 9 heteroatoms. The van der Waals surface area contributed by atoms with Crippen molar-refractivity contribution >= 4 is 49.9 Å². The van der Waals surface area contributed by atoms with E-state index >= 15 is 0 Å². The summed E-state index contributed by atoms with van der Waals surface area (Å²) in [7, 11) is 0. The van der Waals surface area contributed by atoms with Crippen LogP contribution in [0, 0.1) is 0 Å². The Morgan fingerprint density at radius 1 is 1.08 bits per heavy atom. The number of imidazole rings is 1. The van der Waals surface area contributed by atoms with E-state index in [4.69, 9.17) is 14.9 Å². The normalized spacial score (nSPS) is 11.8. The van der Waals surface area contributed by atoms with E-state index in [0.29, 0.717) is 46.6 Å². The van der Waals surface area contributed by atoms with Gasteiger partial charge in [-0.25, -0.2) is 14.8 Å². The number of carbonyl (C=O) groups is 2. The van der Waals surface area contributed by atoms with Crippen molar-refractivity contribution in [2.45, 2.75) is 46.3 Å². The van der Waals surface area contributed by atoms with Gasteiger partial charge in [-0.3, -0.25) is 4.79 Å². The second-order valence-electron chi connectivity index (χ2n) is 9.99. The van der Waals surface area contributed by atoms with E-state index in [2.05, 4.69) is 25.9 Å². The first kappa shape index (κ1) is 25.7. The van der Waals surface area contributed by atoms with E-state index in [1.807, 2.05) is 62.6 Å². The van der Waals surface area contributed by atoms with Gasteiger partial charge in [0.2, 0.25) is 0 Å². The largest absolute Gasteiger partial charge is 0.456 e. The van der Waals surface area contributed by atoms with Gasteiger partial charge in [-0.05, 0) is 72.6 Å². The summed E-state index contributed by atoms with van der Waals surface area (Å²) in [6.07, 6.45) is 0.700. The van der Waals surface area contributed by atoms with Crippen molar-refractivity contribution in [2.24, 2.45) is 5.73 Å². The van der Waals surface area contributed by atoms with Gasteiger partial charge in [0, 0.05) is 17.4 Å². The van der Waals surface area contributed by atoms with E-state index in [9.17, 15) is 9.59 Å². The van der Waals surface area contributed by atoms with E-state index in [0.717, 1.165) is 21.2 Å². The maximum atomic E-state index is 12.9. The number of benzene rings is 2. The van der Waals surface area contributed by atoms with Gasteiger partial charge >= 0.3 is 5.97 Å². The van der Waals surface area contributed by atoms with Crippen LogP contribution in [0.25, 0.3) is 33.5 Å². The minimum atomic E-state index is -0.619. The number of hydrogen-bond acceptors (Lipinski definition) is 6. The molecule has 0 bridgehead atoms. The van der Waals surface area contributed by atoms with E-state index < -0.39 is 17.5 Å². The Kier molecular flexibility index (Phi) is 6.56. The zero-order valence-corrected chi connectivity index (χ0v) is 23.1. The Labute approximate surface area is 227 Å². The lowest BCUT2D eigenvalue weighted by molar-refractivity contribution is 0.00701. The number of nitrogens with two attached hydrogens (primary N) is 1. The first-order chi connectivity index (χ1) is 18.1. The lowest BCUT2D eigenvalue weighted by Crippen LogP contribution is -2.24. The fraction of sp³-hybridized carbons (Fsp3) is 0.241. The number of pyridine rings is 1. The van der Waals surface area contributed by atoms with Crippen molar-refractivity contribution in [2.75, 3.05) is 0 Å². The Morgan fingerprint density at radius 3 is 2.55 bits per heavy atom. The number of aromatic nitrogens is 3. The van der Waals surface area contributed by atoms with Gasteiger partial charge in [0.1, 0.15) is 34.0 Å². The highest BCUT2D eigenvalue weighted by molar-refractivity contribution is 9.10. The van der Waals surface area contributed by atoms with Gasteiger partial charge in [-0.2, -0.15) is 0 Å². The first-order valence-corrected chi connectivity index (χ1v) is 13.0. The summed E-state index contributed by atoms with van der Waals surface area (Å²) in [5.41, 5.74) is 9.09. The second kappa shape index (κ2) is 9.72. The average molecular weight is 575 g/mol. The molecule has 0 saturated carbocycles. The molecule has 1 amide bonds. The third-order valence-electron chi connectivity index (χ3n) is 6.06. The predicted molar refractivity (Wildman–Crippen MR) is 149 cm³/mol. The molecular weight excluding hydrogens is 548 g/mol. The van der Waals surface area contributed by atoms with Crippen LogP contribution >= 0.6 is 15.9 Å². The smallest absolute Gasteiger partial charge is 0.339 e. The number of esters is 1. The molecule has 2 aromatic carbocycles. The maximum Gasteiger partial charge on any atom is 0.339 e. The molecule has 0 radical (unpaired) electrons. The number of rotatable bonds is 6. The number of ether oxygens (including phenoxy) is 1. The predicted octanol–water partition coefficient (Wildman–Crippen LogP) is 6.27. The third kappa shape index (κ3) is 4.81. The van der Waals surface area contributed by atoms with Gasteiger partial charge in [-0.15, -0.1) is 0 Å². The molecule has 38 heavy (non-hydrogen) atoms. The SMILES string of the molecule is CCc1nc2ccc(C(N)=O)nc2n1Cc1ccc2oc(-c3ccccc3C(=O)OC(C)(C)C)c(Br)c2c1. The summed E-state index contributed by atoms with van der Waals surface area (Å²) in [6, 6.07) is 16.5. The summed E-state index contributed by atoms with van der Waals surface area (Å²) >= 11 is 3.71. The molecule has 3 heterocycles. The average Bonchev–Trinajstić information content (AvgIpc) is 3.39. The van der Waals surface area contributed by atoms with E-state index in [1.54, 1.807) is 24.3 Å². The Balaban J connectivity index is 1.56. The fourth-order valence-corrected chi connectivity index (χ4v) is 4.99. The molecule has 0 saturated heterocycles. The third-order valence-corrected chi connectivity index (χ3v) is 6.85. The summed E-state index contributed by atoms with van der Waals surface area (Å²) in [6.45, 7) is 8.03. The number of halogens is 1. The van der Waals surface area contributed by atoms with Crippen molar-refractivity contribution in [1.82, 2.24) is 14.5 Å². The molecule has 0 unspecified atom stereocenters. The number of furan rings is 1. The number of fused-ring (bicyclic) bond motifs is 2. The number of aryl methyl sites for hydroxylation is 1. The van der Waals surface area contributed by atoms with E-state index in [-0.39, 0.29) is 5.69 Å². The highest BCUT2D eigenvalue weighted by Gasteiger charge is 2.24. The number of carbonyl (C=O) groups excluding carboxylic acids is 2. The van der Waals surface area contributed by atoms with Crippen LogP contribution in [-0.4, -0.2) is 32.0 Å². The van der Waals surface area contributed by atoms with Crippen LogP contribution in [0.4, 0.5) is 0 Å². The zero-order chi connectivity index (χ0) is 27.2. The highest BCUT2D eigenvalue weighted by atomic mass is 79.9. The summed E-state index contributed by atoms with van der Waals surface area (Å²) in [4.78, 5) is 33.8. The number of amides is 1. The van der Waals surface area contributed by atoms with Crippen LogP contribution in [0.15, 0.2) is 63.5 Å². The minimum absolute atomic E-state index is 0.197. The Bertz CT molecular complexity index is 1710. The van der Waals surface area contributed by atoms with E-state index in [1.165, 1.54) is 0 Å². The molecule has 5 aromatic rings. The van der Waals surface area contributed by atoms with Crippen LogP contribution < -0.4 is 5.73 Å². The topological polar surface area (TPSA) is 113 Å². The standard InChI is InChI=1S/C29H27BrN4O4/c1-5-23-32-21-12-11-20(26(31)35)33-27(21)34(23)15-16-10-13-22-19(14-16)24(30)25(37-22)17-8-6-7-9-18(17)28(36)38-29(2,3)4/h6-14H,5,15H2,1-4H3,(H2,31,35). The van der Waals surface area contributed by atoms with Gasteiger partial charge in [0.25, 0.3) is 5.91 Å². The number of primary amides is 1. The lowest BCUT2D eigenvalue weighted by Gasteiger charge is -2.20. The summed E-state index contributed by atoms with van der Waals surface area (Å²) in [5, 5.41) is 0.866. The minimum Gasteiger partial charge on any atom is -0.456 e. The second-order valence-corrected chi connectivity index (χ2v) is 10.8. The molecule has 0 fully saturated rings. The Morgan fingerprint density at radius 2 is 1.84 bits per heavy atom. The van der Waals surface area contributed by atoms with Crippen LogP contribution in [0.5, 0.6) is 0 Å². The molecule has 5 rings (SSSR count). The van der Waals surface area contributed by atoms with Gasteiger partial charge < -0.3 is 19.5 Å². The molecule has 3 aromatic heterocycles. The van der Waals surface area contributed by atoms with Crippen LogP contribution in [-0.2, 0) is 17.7 Å². The maximum absolute atomic E-state index is 12.9. The molecular formula is C29H27BrN4O4. The molecule has 2 N–H and O–H groups in total. The quantitative estimate of drug-likeness (QED) is 0.239. The van der Waals surface area contributed by atoms with Crippen molar-refractivity contribution in [3.05, 3.63) is 81.7 Å². The lowest BCUT2D eigenvalue weighted by atomic mass is 10.0. The molecule has 0 spiro atoms. The zero-order valence-electron chi connectivity index (χ0n) is 21.5. The van der Waals surface area contributed by atoms with Gasteiger partial charge in [0.15, 0.2) is 5.65 Å². The van der Waals surface area contributed by atoms with Crippen LogP contribution in [0.3, 0.4) is 0 Å². The van der Waals surface area contributed by atoms with Crippen molar-refractivity contribution in [3.63, 3.8) is 0 Å². The fourth-order valence-electron chi connectivity index (χ4n) is 4.38. The monoisotopic (exact) mass is 574 g/mol. The Hall–Kier alpha value is -3.98. The van der Waals surface area contributed by atoms with Gasteiger partial charge in [-0.1, -0.05) is 31.2 Å². The number of nitrogens with zero attached hydrogens (tertiary/aromatic N) is 3. The molecule has 194 valence electrons. The van der Waals surface area contributed by atoms with Crippen LogP contribution in [0.2, 0.25) is 0 Å². The van der Waals surface area contributed by atoms with Crippen molar-refractivity contribution in [3.8, 4) is 11.3 Å². The van der Waals surface area contributed by atoms with Crippen molar-refractivity contribution < 1.29 is 18.7 Å². The molecule has 0 aliphatic carbocycles. The van der Waals surface area contributed by atoms with Gasteiger partial charge in [0.05, 0.1) is 16.6 Å².